The summed E-state index contributed by atoms with van der Waals surface area (Å²) in [4.78, 5) is 23.4. The van der Waals surface area contributed by atoms with Crippen LogP contribution in [0, 0.1) is 5.41 Å². The van der Waals surface area contributed by atoms with Gasteiger partial charge in [-0.3, -0.25) is 0 Å². The van der Waals surface area contributed by atoms with Gasteiger partial charge in [-0.25, -0.2) is 9.78 Å². The lowest BCUT2D eigenvalue weighted by atomic mass is 9.99. The number of alkyl halides is 3. The molecule has 3 rings (SSSR count). The van der Waals surface area contributed by atoms with Gasteiger partial charge in [0, 0.05) is 37.9 Å². The number of aromatic nitrogens is 3. The van der Waals surface area contributed by atoms with Gasteiger partial charge in [0.2, 0.25) is 5.82 Å². The molecule has 0 N–H and O–H groups in total. The van der Waals surface area contributed by atoms with E-state index in [0.717, 1.165) is 0 Å². The van der Waals surface area contributed by atoms with E-state index in [4.69, 9.17) is 4.74 Å². The van der Waals surface area contributed by atoms with Crippen LogP contribution >= 0.6 is 0 Å². The van der Waals surface area contributed by atoms with Gasteiger partial charge in [-0.1, -0.05) is 25.9 Å². The molecule has 1 saturated heterocycles. The van der Waals surface area contributed by atoms with Crippen molar-refractivity contribution in [2.45, 2.75) is 26.9 Å². The fourth-order valence-electron chi connectivity index (χ4n) is 2.67. The highest BCUT2D eigenvalue weighted by Gasteiger charge is 2.38. The SMILES string of the molecule is CC(C)(C)COC(=O)N1CCN(c2cc(-c3noc(C(F)(F)F)n3)ccn2)CC1. The Labute approximate surface area is 165 Å². The van der Waals surface area contributed by atoms with Crippen LogP contribution in [0.3, 0.4) is 0 Å². The summed E-state index contributed by atoms with van der Waals surface area (Å²) in [7, 11) is 0. The molecule has 158 valence electrons. The molecule has 1 aliphatic rings. The summed E-state index contributed by atoms with van der Waals surface area (Å²) in [5, 5.41) is 3.39. The van der Waals surface area contributed by atoms with Crippen LogP contribution in [-0.4, -0.2) is 58.9 Å². The third kappa shape index (κ3) is 5.36. The van der Waals surface area contributed by atoms with Gasteiger partial charge in [0.1, 0.15) is 5.82 Å². The zero-order valence-corrected chi connectivity index (χ0v) is 16.4. The second-order valence-corrected chi connectivity index (χ2v) is 7.91. The normalized spacial score (nSPS) is 15.5. The third-order valence-corrected chi connectivity index (χ3v) is 4.16. The monoisotopic (exact) mass is 413 g/mol. The molecule has 0 saturated carbocycles. The molecule has 11 heteroatoms. The predicted octanol–water partition coefficient (Wildman–Crippen LogP) is 3.46. The van der Waals surface area contributed by atoms with Crippen molar-refractivity contribution in [2.24, 2.45) is 5.41 Å². The van der Waals surface area contributed by atoms with Crippen LogP contribution in [0.2, 0.25) is 0 Å². The van der Waals surface area contributed by atoms with Gasteiger partial charge in [0.15, 0.2) is 0 Å². The van der Waals surface area contributed by atoms with E-state index in [1.54, 1.807) is 11.0 Å². The largest absolute Gasteiger partial charge is 0.471 e. The fourth-order valence-corrected chi connectivity index (χ4v) is 2.67. The van der Waals surface area contributed by atoms with E-state index in [9.17, 15) is 18.0 Å². The van der Waals surface area contributed by atoms with Crippen molar-refractivity contribution < 1.29 is 27.2 Å². The Morgan fingerprint density at radius 1 is 1.21 bits per heavy atom. The van der Waals surface area contributed by atoms with Crippen molar-refractivity contribution in [3.8, 4) is 11.4 Å². The van der Waals surface area contributed by atoms with Crippen LogP contribution in [-0.2, 0) is 10.9 Å². The molecule has 0 spiro atoms. The second-order valence-electron chi connectivity index (χ2n) is 7.91. The zero-order valence-electron chi connectivity index (χ0n) is 16.4. The van der Waals surface area contributed by atoms with Gasteiger partial charge in [-0.2, -0.15) is 18.2 Å². The molecule has 1 aliphatic heterocycles. The van der Waals surface area contributed by atoms with Crippen molar-refractivity contribution >= 4 is 11.9 Å². The number of carbonyl (C=O) groups is 1. The van der Waals surface area contributed by atoms with E-state index in [0.29, 0.717) is 44.2 Å². The molecular weight excluding hydrogens is 391 g/mol. The highest BCUT2D eigenvalue weighted by Crippen LogP contribution is 2.30. The van der Waals surface area contributed by atoms with E-state index in [2.05, 4.69) is 19.6 Å². The number of nitrogens with zero attached hydrogens (tertiary/aromatic N) is 5. The third-order valence-electron chi connectivity index (χ3n) is 4.16. The molecule has 2 aromatic rings. The minimum atomic E-state index is -4.70. The van der Waals surface area contributed by atoms with E-state index >= 15 is 0 Å². The van der Waals surface area contributed by atoms with Crippen molar-refractivity contribution in [2.75, 3.05) is 37.7 Å². The lowest BCUT2D eigenvalue weighted by Gasteiger charge is -2.35. The first-order valence-electron chi connectivity index (χ1n) is 9.07. The number of pyridine rings is 1. The molecule has 0 radical (unpaired) electrons. The molecule has 1 amide bonds. The molecule has 8 nitrogen and oxygen atoms in total. The quantitative estimate of drug-likeness (QED) is 0.762. The van der Waals surface area contributed by atoms with Crippen LogP contribution in [0.15, 0.2) is 22.9 Å². The maximum absolute atomic E-state index is 12.6. The molecule has 0 unspecified atom stereocenters. The van der Waals surface area contributed by atoms with Gasteiger partial charge in [-0.15, -0.1) is 0 Å². The molecule has 29 heavy (non-hydrogen) atoms. The Kier molecular flexibility index (Phi) is 5.67. The Bertz CT molecular complexity index is 855. The van der Waals surface area contributed by atoms with E-state index in [1.807, 2.05) is 25.7 Å². The average Bonchev–Trinajstić information content (AvgIpc) is 3.16. The number of ether oxygens (including phenoxy) is 1. The van der Waals surface area contributed by atoms with Crippen molar-refractivity contribution in [3.05, 3.63) is 24.2 Å². The zero-order chi connectivity index (χ0) is 21.2. The van der Waals surface area contributed by atoms with Gasteiger partial charge < -0.3 is 19.1 Å². The second kappa shape index (κ2) is 7.88. The Morgan fingerprint density at radius 3 is 2.48 bits per heavy atom. The van der Waals surface area contributed by atoms with Crippen molar-refractivity contribution in [1.82, 2.24) is 20.0 Å². The summed E-state index contributed by atoms with van der Waals surface area (Å²) in [6.45, 7) is 8.22. The maximum Gasteiger partial charge on any atom is 0.471 e. The number of anilines is 1. The number of piperazine rings is 1. The minimum absolute atomic E-state index is 0.108. The Hall–Kier alpha value is -2.85. The van der Waals surface area contributed by atoms with Crippen molar-refractivity contribution in [3.63, 3.8) is 0 Å². The highest BCUT2D eigenvalue weighted by atomic mass is 19.4. The first kappa shape index (κ1) is 20.9. The number of halogens is 3. The standard InChI is InChI=1S/C18H22F3N5O3/c1-17(2,3)11-28-16(27)26-8-6-25(7-9-26)13-10-12(4-5-22-13)14-23-15(29-24-14)18(19,20)21/h4-5,10H,6-9,11H2,1-3H3. The molecule has 0 aliphatic carbocycles. The number of amides is 1. The smallest absolute Gasteiger partial charge is 0.449 e. The Balaban J connectivity index is 1.62. The molecule has 2 aromatic heterocycles. The molecule has 0 bridgehead atoms. The van der Waals surface area contributed by atoms with Gasteiger partial charge in [0.25, 0.3) is 0 Å². The first-order chi connectivity index (χ1) is 13.5. The number of hydrogen-bond acceptors (Lipinski definition) is 7. The van der Waals surface area contributed by atoms with Crippen LogP contribution in [0.1, 0.15) is 26.7 Å². The molecule has 3 heterocycles. The molecule has 0 aromatic carbocycles. The summed E-state index contributed by atoms with van der Waals surface area (Å²) < 4.78 is 47.6. The number of carbonyl (C=O) groups excluding carboxylic acids is 1. The number of hydrogen-bond donors (Lipinski definition) is 0. The van der Waals surface area contributed by atoms with E-state index < -0.39 is 12.1 Å². The number of rotatable bonds is 3. The fraction of sp³-hybridized carbons (Fsp3) is 0.556. The summed E-state index contributed by atoms with van der Waals surface area (Å²) in [5.41, 5.74) is 0.254. The summed E-state index contributed by atoms with van der Waals surface area (Å²) >= 11 is 0. The Morgan fingerprint density at radius 2 is 1.90 bits per heavy atom. The minimum Gasteiger partial charge on any atom is -0.449 e. The van der Waals surface area contributed by atoms with Crippen LogP contribution in [0.4, 0.5) is 23.8 Å². The van der Waals surface area contributed by atoms with Gasteiger partial charge in [0.05, 0.1) is 6.61 Å². The average molecular weight is 413 g/mol. The first-order valence-corrected chi connectivity index (χ1v) is 9.07. The highest BCUT2D eigenvalue weighted by molar-refractivity contribution is 5.68. The van der Waals surface area contributed by atoms with Crippen molar-refractivity contribution in [1.29, 1.82) is 0 Å². The van der Waals surface area contributed by atoms with Gasteiger partial charge >= 0.3 is 18.2 Å². The molecule has 0 atom stereocenters. The lowest BCUT2D eigenvalue weighted by molar-refractivity contribution is -0.159. The van der Waals surface area contributed by atoms with Gasteiger partial charge in [-0.05, 0) is 17.5 Å². The maximum atomic E-state index is 12.6. The predicted molar refractivity (Wildman–Crippen MR) is 97.1 cm³/mol. The summed E-state index contributed by atoms with van der Waals surface area (Å²) in [5.74, 6) is -0.998. The van der Waals surface area contributed by atoms with Crippen LogP contribution in [0.25, 0.3) is 11.4 Å². The van der Waals surface area contributed by atoms with E-state index in [1.165, 1.54) is 12.3 Å². The summed E-state index contributed by atoms with van der Waals surface area (Å²) in [6.07, 6.45) is -3.58. The van der Waals surface area contributed by atoms with Crippen LogP contribution < -0.4 is 4.90 Å². The molecule has 1 fully saturated rings. The lowest BCUT2D eigenvalue weighted by Crippen LogP contribution is -2.49. The van der Waals surface area contributed by atoms with E-state index in [-0.39, 0.29) is 17.3 Å². The topological polar surface area (TPSA) is 84.6 Å². The molecular formula is C18H22F3N5O3. The summed E-state index contributed by atoms with van der Waals surface area (Å²) in [6, 6.07) is 3.10. The van der Waals surface area contributed by atoms with Crippen LogP contribution in [0.5, 0.6) is 0 Å².